The van der Waals surface area contributed by atoms with E-state index in [1.54, 1.807) is 0 Å². The highest BCUT2D eigenvalue weighted by Crippen LogP contribution is 2.29. The Morgan fingerprint density at radius 2 is 1.91 bits per heavy atom. The third-order valence-electron chi connectivity index (χ3n) is 4.47. The molecule has 1 saturated carbocycles. The van der Waals surface area contributed by atoms with Gasteiger partial charge in [-0.3, -0.25) is 4.79 Å². The molecule has 0 spiro atoms. The van der Waals surface area contributed by atoms with Gasteiger partial charge in [0.15, 0.2) is 0 Å². The van der Waals surface area contributed by atoms with Crippen LogP contribution in [0.5, 0.6) is 0 Å². The van der Waals surface area contributed by atoms with Crippen LogP contribution in [0, 0.1) is 23.7 Å². The van der Waals surface area contributed by atoms with E-state index in [4.69, 9.17) is 4.74 Å². The van der Waals surface area contributed by atoms with Gasteiger partial charge in [-0.25, -0.2) is 0 Å². The maximum Gasteiger partial charge on any atom is 0.308 e. The quantitative estimate of drug-likeness (QED) is 0.584. The molecule has 2 nitrogen and oxygen atoms in total. The molecule has 1 aliphatic rings. The number of hydrogen-bond donors (Lipinski definition) is 0. The Morgan fingerprint density at radius 1 is 1.22 bits per heavy atom. The standard InChI is InChI=1S/C21H28O2/c1-5-23-20(22)18-8-6-7-17(15-18)10-9-16-11-13-19(14-12-16)21(2,3)4/h11-14,17-18H,5-8,15H2,1-4H3/t17-,18-/m1/s1. The Labute approximate surface area is 140 Å². The van der Waals surface area contributed by atoms with E-state index in [9.17, 15) is 4.79 Å². The zero-order chi connectivity index (χ0) is 16.9. The lowest BCUT2D eigenvalue weighted by Crippen LogP contribution is -2.24. The van der Waals surface area contributed by atoms with Crippen LogP contribution in [-0.2, 0) is 14.9 Å². The predicted molar refractivity (Wildman–Crippen MR) is 94.1 cm³/mol. The lowest BCUT2D eigenvalue weighted by Gasteiger charge is -2.24. The van der Waals surface area contributed by atoms with Crippen LogP contribution in [0.3, 0.4) is 0 Å². The average Bonchev–Trinajstić information content (AvgIpc) is 2.53. The van der Waals surface area contributed by atoms with Crippen molar-refractivity contribution in [3.05, 3.63) is 35.4 Å². The Bertz CT molecular complexity index is 581. The minimum Gasteiger partial charge on any atom is -0.466 e. The van der Waals surface area contributed by atoms with Crippen LogP contribution in [-0.4, -0.2) is 12.6 Å². The van der Waals surface area contributed by atoms with E-state index in [1.165, 1.54) is 5.56 Å². The molecule has 124 valence electrons. The molecule has 0 N–H and O–H groups in total. The second-order valence-electron chi connectivity index (χ2n) is 7.41. The number of carbonyl (C=O) groups is 1. The number of rotatable bonds is 2. The molecule has 0 unspecified atom stereocenters. The number of esters is 1. The Kier molecular flexibility index (Phi) is 5.88. The molecule has 1 aromatic rings. The zero-order valence-corrected chi connectivity index (χ0v) is 14.8. The summed E-state index contributed by atoms with van der Waals surface area (Å²) in [5.41, 5.74) is 2.54. The summed E-state index contributed by atoms with van der Waals surface area (Å²) < 4.78 is 5.15. The monoisotopic (exact) mass is 312 g/mol. The first-order chi connectivity index (χ1) is 10.9. The molecule has 0 bridgehead atoms. The van der Waals surface area contributed by atoms with Gasteiger partial charge in [0.25, 0.3) is 0 Å². The summed E-state index contributed by atoms with van der Waals surface area (Å²) >= 11 is 0. The number of hydrogen-bond acceptors (Lipinski definition) is 2. The molecule has 0 radical (unpaired) electrons. The maximum atomic E-state index is 11.9. The van der Waals surface area contributed by atoms with Gasteiger partial charge in [0.2, 0.25) is 0 Å². The van der Waals surface area contributed by atoms with Gasteiger partial charge in [0, 0.05) is 11.5 Å². The molecule has 0 amide bonds. The summed E-state index contributed by atoms with van der Waals surface area (Å²) in [6.45, 7) is 8.97. The van der Waals surface area contributed by atoms with Crippen molar-refractivity contribution in [3.8, 4) is 11.8 Å². The van der Waals surface area contributed by atoms with Gasteiger partial charge in [0.1, 0.15) is 0 Å². The summed E-state index contributed by atoms with van der Waals surface area (Å²) in [7, 11) is 0. The highest BCUT2D eigenvalue weighted by atomic mass is 16.5. The number of ether oxygens (including phenoxy) is 1. The van der Waals surface area contributed by atoms with Gasteiger partial charge in [-0.1, -0.05) is 51.2 Å². The third kappa shape index (κ3) is 5.13. The van der Waals surface area contributed by atoms with Crippen LogP contribution >= 0.6 is 0 Å². The molecule has 23 heavy (non-hydrogen) atoms. The molecule has 0 aromatic heterocycles. The fourth-order valence-electron chi connectivity index (χ4n) is 3.03. The van der Waals surface area contributed by atoms with E-state index in [1.807, 2.05) is 6.92 Å². The Balaban J connectivity index is 1.99. The maximum absolute atomic E-state index is 11.9. The van der Waals surface area contributed by atoms with E-state index in [0.29, 0.717) is 12.5 Å². The first kappa shape index (κ1) is 17.6. The van der Waals surface area contributed by atoms with Crippen LogP contribution in [0.2, 0.25) is 0 Å². The predicted octanol–water partition coefficient (Wildman–Crippen LogP) is 4.71. The Hall–Kier alpha value is -1.75. The van der Waals surface area contributed by atoms with Crippen LogP contribution in [0.25, 0.3) is 0 Å². The summed E-state index contributed by atoms with van der Waals surface area (Å²) in [6.07, 6.45) is 3.93. The molecule has 1 aromatic carbocycles. The molecule has 0 aliphatic heterocycles. The molecular formula is C21H28O2. The third-order valence-corrected chi connectivity index (χ3v) is 4.47. The second kappa shape index (κ2) is 7.68. The van der Waals surface area contributed by atoms with Gasteiger partial charge >= 0.3 is 5.97 Å². The van der Waals surface area contributed by atoms with Crippen molar-refractivity contribution in [1.29, 1.82) is 0 Å². The lowest BCUT2D eigenvalue weighted by molar-refractivity contribution is -0.149. The van der Waals surface area contributed by atoms with Crippen LogP contribution in [0.4, 0.5) is 0 Å². The summed E-state index contributed by atoms with van der Waals surface area (Å²) in [6, 6.07) is 8.51. The minimum atomic E-state index is -0.0477. The minimum absolute atomic E-state index is 0.0336. The van der Waals surface area contributed by atoms with Crippen LogP contribution in [0.15, 0.2) is 24.3 Å². The molecule has 1 aliphatic carbocycles. The van der Waals surface area contributed by atoms with E-state index in [0.717, 1.165) is 31.2 Å². The normalized spacial score (nSPS) is 21.2. The smallest absolute Gasteiger partial charge is 0.308 e. The molecule has 2 rings (SSSR count). The summed E-state index contributed by atoms with van der Waals surface area (Å²) in [5, 5.41) is 0. The van der Waals surface area contributed by atoms with Gasteiger partial charge in [-0.05, 0) is 49.3 Å². The van der Waals surface area contributed by atoms with E-state index < -0.39 is 0 Å². The molecule has 2 heteroatoms. The number of carbonyl (C=O) groups excluding carboxylic acids is 1. The van der Waals surface area contributed by atoms with Crippen molar-refractivity contribution < 1.29 is 9.53 Å². The second-order valence-corrected chi connectivity index (χ2v) is 7.41. The van der Waals surface area contributed by atoms with Crippen molar-refractivity contribution in [2.75, 3.05) is 6.61 Å². The van der Waals surface area contributed by atoms with Crippen molar-refractivity contribution in [3.63, 3.8) is 0 Å². The van der Waals surface area contributed by atoms with Gasteiger partial charge < -0.3 is 4.74 Å². The average molecular weight is 312 g/mol. The molecule has 0 saturated heterocycles. The van der Waals surface area contributed by atoms with Crippen molar-refractivity contribution in [1.82, 2.24) is 0 Å². The van der Waals surface area contributed by atoms with Gasteiger partial charge in [-0.15, -0.1) is 0 Å². The van der Waals surface area contributed by atoms with Crippen molar-refractivity contribution >= 4 is 5.97 Å². The SMILES string of the molecule is CCOC(=O)[C@@H]1CCC[C@H](C#Cc2ccc(C(C)(C)C)cc2)C1. The highest BCUT2D eigenvalue weighted by Gasteiger charge is 2.27. The van der Waals surface area contributed by atoms with Crippen molar-refractivity contribution in [2.24, 2.45) is 11.8 Å². The van der Waals surface area contributed by atoms with E-state index in [-0.39, 0.29) is 17.3 Å². The van der Waals surface area contributed by atoms with Gasteiger partial charge in [0.05, 0.1) is 12.5 Å². The first-order valence-corrected chi connectivity index (χ1v) is 8.69. The summed E-state index contributed by atoms with van der Waals surface area (Å²) in [5.74, 6) is 6.94. The van der Waals surface area contributed by atoms with E-state index in [2.05, 4.69) is 56.9 Å². The van der Waals surface area contributed by atoms with Crippen LogP contribution < -0.4 is 0 Å². The molecule has 1 fully saturated rings. The zero-order valence-electron chi connectivity index (χ0n) is 14.8. The number of benzene rings is 1. The topological polar surface area (TPSA) is 26.3 Å². The lowest BCUT2D eigenvalue weighted by atomic mass is 9.81. The van der Waals surface area contributed by atoms with Gasteiger partial charge in [-0.2, -0.15) is 0 Å². The van der Waals surface area contributed by atoms with E-state index >= 15 is 0 Å². The molecular weight excluding hydrogens is 284 g/mol. The largest absolute Gasteiger partial charge is 0.466 e. The Morgan fingerprint density at radius 3 is 2.52 bits per heavy atom. The van der Waals surface area contributed by atoms with Crippen LogP contribution in [0.1, 0.15) is 64.5 Å². The first-order valence-electron chi connectivity index (χ1n) is 8.69. The molecule has 2 atom stereocenters. The molecule has 0 heterocycles. The summed E-state index contributed by atoms with van der Waals surface area (Å²) in [4.78, 5) is 11.9. The fraction of sp³-hybridized carbons (Fsp3) is 0.571. The van der Waals surface area contributed by atoms with Crippen molar-refractivity contribution in [2.45, 2.75) is 58.8 Å². The fourth-order valence-corrected chi connectivity index (χ4v) is 3.03. The highest BCUT2D eigenvalue weighted by molar-refractivity contribution is 5.72.